The highest BCUT2D eigenvalue weighted by molar-refractivity contribution is 6.00. The summed E-state index contributed by atoms with van der Waals surface area (Å²) in [4.78, 5) is 28.4. The molecule has 6 heteroatoms. The van der Waals surface area contributed by atoms with Gasteiger partial charge in [0.15, 0.2) is 0 Å². The molecule has 1 N–H and O–H groups in total. The van der Waals surface area contributed by atoms with Gasteiger partial charge in [-0.1, -0.05) is 0 Å². The van der Waals surface area contributed by atoms with Crippen LogP contribution in [0, 0.1) is 11.3 Å². The molecule has 1 saturated heterocycles. The van der Waals surface area contributed by atoms with Gasteiger partial charge in [0.1, 0.15) is 11.8 Å². The first kappa shape index (κ1) is 12.2. The highest BCUT2D eigenvalue weighted by atomic mass is 16.2. The van der Waals surface area contributed by atoms with Crippen molar-refractivity contribution in [1.82, 2.24) is 15.2 Å². The van der Waals surface area contributed by atoms with Crippen molar-refractivity contribution < 1.29 is 9.59 Å². The van der Waals surface area contributed by atoms with Gasteiger partial charge in [-0.05, 0) is 24.6 Å². The van der Waals surface area contributed by atoms with Gasteiger partial charge in [0, 0.05) is 12.7 Å². The summed E-state index contributed by atoms with van der Waals surface area (Å²) in [6, 6.07) is 5.02. The Labute approximate surface area is 104 Å². The molecule has 1 aromatic rings. The third-order valence-electron chi connectivity index (χ3n) is 2.86. The summed E-state index contributed by atoms with van der Waals surface area (Å²) in [7, 11) is 0. The highest BCUT2D eigenvalue weighted by Gasteiger charge is 2.29. The number of nitrogens with one attached hydrogen (secondary N) is 1. The first-order valence-electron chi connectivity index (χ1n) is 5.53. The van der Waals surface area contributed by atoms with Crippen molar-refractivity contribution in [1.29, 1.82) is 5.26 Å². The lowest BCUT2D eigenvalue weighted by Crippen LogP contribution is -2.56. The molecule has 0 aromatic carbocycles. The Morgan fingerprint density at radius 1 is 1.61 bits per heavy atom. The van der Waals surface area contributed by atoms with Crippen LogP contribution >= 0.6 is 0 Å². The minimum Gasteiger partial charge on any atom is -0.294 e. The van der Waals surface area contributed by atoms with Crippen LogP contribution in [-0.2, 0) is 16.1 Å². The lowest BCUT2D eigenvalue weighted by Gasteiger charge is -2.31. The van der Waals surface area contributed by atoms with Gasteiger partial charge in [-0.15, -0.1) is 0 Å². The quantitative estimate of drug-likeness (QED) is 0.728. The zero-order valence-electron chi connectivity index (χ0n) is 9.88. The summed E-state index contributed by atoms with van der Waals surface area (Å²) < 4.78 is 0. The predicted octanol–water partition coefficient (Wildman–Crippen LogP) is -0.200. The normalized spacial score (nSPS) is 20.3. The van der Waals surface area contributed by atoms with Crippen LogP contribution in [0.25, 0.3) is 0 Å². The second-order valence-electron chi connectivity index (χ2n) is 4.15. The van der Waals surface area contributed by atoms with Gasteiger partial charge in [-0.3, -0.25) is 19.8 Å². The molecule has 1 aliphatic heterocycles. The molecular formula is C12H12N4O2. The van der Waals surface area contributed by atoms with E-state index >= 15 is 0 Å². The van der Waals surface area contributed by atoms with Gasteiger partial charge in [0.25, 0.3) is 0 Å². The smallest absolute Gasteiger partial charge is 0.243 e. The number of piperazine rings is 1. The van der Waals surface area contributed by atoms with Gasteiger partial charge in [-0.2, -0.15) is 5.26 Å². The standard InChI is InChI=1S/C12H12N4O2/c1-8-12(18)15-11(17)7-16(8)6-9-2-3-14-10(4-9)5-13/h2-4,8H,6-7H2,1H3,(H,15,17,18). The van der Waals surface area contributed by atoms with Gasteiger partial charge < -0.3 is 0 Å². The average Bonchev–Trinajstić information content (AvgIpc) is 2.35. The molecule has 92 valence electrons. The van der Waals surface area contributed by atoms with Gasteiger partial charge in [-0.25, -0.2) is 4.98 Å². The molecule has 0 spiro atoms. The number of nitrogens with zero attached hydrogens (tertiary/aromatic N) is 3. The number of nitriles is 1. The topological polar surface area (TPSA) is 86.1 Å². The van der Waals surface area contributed by atoms with Crippen LogP contribution in [0.1, 0.15) is 18.2 Å². The van der Waals surface area contributed by atoms with E-state index in [1.807, 2.05) is 6.07 Å². The fourth-order valence-corrected chi connectivity index (χ4v) is 1.83. The number of imide groups is 1. The van der Waals surface area contributed by atoms with Crippen LogP contribution in [-0.4, -0.2) is 34.3 Å². The van der Waals surface area contributed by atoms with Crippen molar-refractivity contribution >= 4 is 11.8 Å². The number of rotatable bonds is 2. The Morgan fingerprint density at radius 3 is 3.11 bits per heavy atom. The summed E-state index contributed by atoms with van der Waals surface area (Å²) in [5, 5.41) is 11.0. The van der Waals surface area contributed by atoms with Crippen molar-refractivity contribution in [2.45, 2.75) is 19.5 Å². The summed E-state index contributed by atoms with van der Waals surface area (Å²) >= 11 is 0. The Balaban J connectivity index is 2.15. The van der Waals surface area contributed by atoms with E-state index in [9.17, 15) is 9.59 Å². The Morgan fingerprint density at radius 2 is 2.39 bits per heavy atom. The van der Waals surface area contributed by atoms with Crippen molar-refractivity contribution in [3.8, 4) is 6.07 Å². The summed E-state index contributed by atoms with van der Waals surface area (Å²) in [5.74, 6) is -0.589. The van der Waals surface area contributed by atoms with E-state index in [1.165, 1.54) is 0 Å². The van der Waals surface area contributed by atoms with Crippen molar-refractivity contribution in [3.05, 3.63) is 29.6 Å². The lowest BCUT2D eigenvalue weighted by atomic mass is 10.1. The zero-order chi connectivity index (χ0) is 13.1. The Kier molecular flexibility index (Phi) is 3.35. The number of pyridine rings is 1. The molecule has 1 aromatic heterocycles. The number of aromatic nitrogens is 1. The summed E-state index contributed by atoms with van der Waals surface area (Å²) in [5.41, 5.74) is 1.18. The first-order chi connectivity index (χ1) is 8.60. The van der Waals surface area contributed by atoms with Crippen LogP contribution < -0.4 is 5.32 Å². The molecule has 0 radical (unpaired) electrons. The van der Waals surface area contributed by atoms with Crippen LogP contribution in [0.15, 0.2) is 18.3 Å². The fourth-order valence-electron chi connectivity index (χ4n) is 1.83. The summed E-state index contributed by atoms with van der Waals surface area (Å²) in [6.07, 6.45) is 1.55. The second kappa shape index (κ2) is 4.94. The van der Waals surface area contributed by atoms with E-state index < -0.39 is 0 Å². The molecular weight excluding hydrogens is 232 g/mol. The van der Waals surface area contributed by atoms with Crippen molar-refractivity contribution in [3.63, 3.8) is 0 Å². The van der Waals surface area contributed by atoms with Crippen LogP contribution in [0.4, 0.5) is 0 Å². The molecule has 0 aliphatic carbocycles. The molecule has 1 atom stereocenters. The van der Waals surface area contributed by atoms with E-state index in [1.54, 1.807) is 30.2 Å². The van der Waals surface area contributed by atoms with Crippen LogP contribution in [0.2, 0.25) is 0 Å². The lowest BCUT2D eigenvalue weighted by molar-refractivity contribution is -0.139. The minimum atomic E-state index is -0.360. The van der Waals surface area contributed by atoms with Crippen molar-refractivity contribution in [2.75, 3.05) is 6.54 Å². The van der Waals surface area contributed by atoms with E-state index in [0.29, 0.717) is 12.2 Å². The summed E-state index contributed by atoms with van der Waals surface area (Å²) in [6.45, 7) is 2.36. The second-order valence-corrected chi connectivity index (χ2v) is 4.15. The third-order valence-corrected chi connectivity index (χ3v) is 2.86. The molecule has 2 rings (SSSR count). The fraction of sp³-hybridized carbons (Fsp3) is 0.333. The Hall–Kier alpha value is -2.26. The van der Waals surface area contributed by atoms with Crippen molar-refractivity contribution in [2.24, 2.45) is 0 Å². The van der Waals surface area contributed by atoms with E-state index in [4.69, 9.17) is 5.26 Å². The number of carbonyl (C=O) groups is 2. The maximum absolute atomic E-state index is 11.5. The molecule has 2 amide bonds. The number of hydrogen-bond acceptors (Lipinski definition) is 5. The highest BCUT2D eigenvalue weighted by Crippen LogP contribution is 2.11. The van der Waals surface area contributed by atoms with E-state index in [0.717, 1.165) is 5.56 Å². The number of amides is 2. The first-order valence-corrected chi connectivity index (χ1v) is 5.53. The number of carbonyl (C=O) groups excluding carboxylic acids is 2. The molecule has 6 nitrogen and oxygen atoms in total. The third kappa shape index (κ3) is 2.52. The predicted molar refractivity (Wildman–Crippen MR) is 62.0 cm³/mol. The van der Waals surface area contributed by atoms with Gasteiger partial charge in [0.2, 0.25) is 11.8 Å². The maximum Gasteiger partial charge on any atom is 0.243 e. The Bertz CT molecular complexity index is 535. The zero-order valence-corrected chi connectivity index (χ0v) is 9.88. The molecule has 1 aliphatic rings. The maximum atomic E-state index is 11.5. The SMILES string of the molecule is CC1C(=O)NC(=O)CN1Cc1ccnc(C#N)c1. The van der Waals surface area contributed by atoms with E-state index in [-0.39, 0.29) is 24.4 Å². The molecule has 0 saturated carbocycles. The molecule has 2 heterocycles. The average molecular weight is 244 g/mol. The molecule has 0 bridgehead atoms. The van der Waals surface area contributed by atoms with Gasteiger partial charge in [0.05, 0.1) is 12.6 Å². The molecule has 1 fully saturated rings. The molecule has 1 unspecified atom stereocenters. The van der Waals surface area contributed by atoms with Crippen LogP contribution in [0.5, 0.6) is 0 Å². The monoisotopic (exact) mass is 244 g/mol. The largest absolute Gasteiger partial charge is 0.294 e. The van der Waals surface area contributed by atoms with E-state index in [2.05, 4.69) is 10.3 Å². The molecule has 18 heavy (non-hydrogen) atoms. The van der Waals surface area contributed by atoms with Crippen LogP contribution in [0.3, 0.4) is 0 Å². The number of hydrogen-bond donors (Lipinski definition) is 1. The van der Waals surface area contributed by atoms with Gasteiger partial charge >= 0.3 is 0 Å². The minimum absolute atomic E-state index is 0.178.